The van der Waals surface area contributed by atoms with Crippen molar-refractivity contribution in [2.24, 2.45) is 0 Å². The maximum absolute atomic E-state index is 12.2. The van der Waals surface area contributed by atoms with Crippen LogP contribution < -0.4 is 10.6 Å². The number of esters is 1. The number of rotatable bonds is 6. The number of ether oxygens (including phenoxy) is 1. The van der Waals surface area contributed by atoms with Gasteiger partial charge in [0.15, 0.2) is 0 Å². The molecule has 0 spiro atoms. The molecule has 0 fully saturated rings. The van der Waals surface area contributed by atoms with Crippen LogP contribution in [0.2, 0.25) is 0 Å². The molecule has 0 aliphatic carbocycles. The number of pyridine rings is 1. The van der Waals surface area contributed by atoms with Gasteiger partial charge >= 0.3 is 5.97 Å². The van der Waals surface area contributed by atoms with E-state index in [1.807, 2.05) is 36.4 Å². The van der Waals surface area contributed by atoms with E-state index in [2.05, 4.69) is 25.6 Å². The highest BCUT2D eigenvalue weighted by atomic mass is 16.5. The molecule has 144 valence electrons. The van der Waals surface area contributed by atoms with Crippen molar-refractivity contribution in [3.05, 3.63) is 78.8 Å². The summed E-state index contributed by atoms with van der Waals surface area (Å²) in [7, 11) is 0. The highest BCUT2D eigenvalue weighted by molar-refractivity contribution is 5.96. The Hall–Kier alpha value is -4.00. The number of carbonyl (C=O) groups excluding carboxylic acids is 1. The maximum Gasteiger partial charge on any atom is 0.340 e. The summed E-state index contributed by atoms with van der Waals surface area (Å²) >= 11 is 0. The van der Waals surface area contributed by atoms with Gasteiger partial charge in [0.2, 0.25) is 0 Å². The predicted octanol–water partition coefficient (Wildman–Crippen LogP) is 4.69. The molecule has 7 heteroatoms. The normalized spacial score (nSPS) is 10.5. The Morgan fingerprint density at radius 3 is 2.45 bits per heavy atom. The Kier molecular flexibility index (Phi) is 5.29. The van der Waals surface area contributed by atoms with E-state index in [0.717, 1.165) is 16.6 Å². The van der Waals surface area contributed by atoms with Crippen molar-refractivity contribution in [2.45, 2.75) is 6.92 Å². The Bertz CT molecular complexity index is 1160. The molecule has 4 aromatic rings. The zero-order valence-electron chi connectivity index (χ0n) is 15.8. The molecule has 0 atom stereocenters. The van der Waals surface area contributed by atoms with Crippen LogP contribution in [0.1, 0.15) is 17.3 Å². The second kappa shape index (κ2) is 8.35. The summed E-state index contributed by atoms with van der Waals surface area (Å²) in [5, 5.41) is 7.49. The molecule has 0 aliphatic rings. The van der Waals surface area contributed by atoms with E-state index in [1.54, 1.807) is 37.4 Å². The summed E-state index contributed by atoms with van der Waals surface area (Å²) in [6.07, 6.45) is 3.21. The molecular weight excluding hydrogens is 366 g/mol. The largest absolute Gasteiger partial charge is 0.462 e. The van der Waals surface area contributed by atoms with Gasteiger partial charge in [-0.3, -0.25) is 4.98 Å². The van der Waals surface area contributed by atoms with Crippen molar-refractivity contribution in [3.8, 4) is 0 Å². The van der Waals surface area contributed by atoms with Gasteiger partial charge in [-0.2, -0.15) is 0 Å². The first-order valence-corrected chi connectivity index (χ1v) is 9.20. The van der Waals surface area contributed by atoms with Gasteiger partial charge in [-0.05, 0) is 31.2 Å². The van der Waals surface area contributed by atoms with Crippen LogP contribution in [0.15, 0.2) is 73.2 Å². The summed E-state index contributed by atoms with van der Waals surface area (Å²) in [4.78, 5) is 25.2. The van der Waals surface area contributed by atoms with Crippen LogP contribution in [-0.2, 0) is 4.74 Å². The fourth-order valence-corrected chi connectivity index (χ4v) is 2.95. The minimum absolute atomic E-state index is 0.313. The van der Waals surface area contributed by atoms with Crippen LogP contribution >= 0.6 is 0 Å². The summed E-state index contributed by atoms with van der Waals surface area (Å²) in [6.45, 7) is 2.09. The van der Waals surface area contributed by atoms with E-state index in [0.29, 0.717) is 29.5 Å². The van der Waals surface area contributed by atoms with E-state index >= 15 is 0 Å². The van der Waals surface area contributed by atoms with Crippen LogP contribution in [-0.4, -0.2) is 27.5 Å². The quantitative estimate of drug-likeness (QED) is 0.466. The first kappa shape index (κ1) is 18.4. The maximum atomic E-state index is 12.2. The van der Waals surface area contributed by atoms with Crippen LogP contribution in [0.5, 0.6) is 0 Å². The number of carbonyl (C=O) groups is 1. The SMILES string of the molecule is CCOC(=O)c1ccccc1Nc1cc(Nc2cccc3cccnc23)ncn1. The van der Waals surface area contributed by atoms with E-state index in [-0.39, 0.29) is 5.97 Å². The Morgan fingerprint density at radius 2 is 1.62 bits per heavy atom. The third-order valence-corrected chi connectivity index (χ3v) is 4.25. The molecule has 0 saturated heterocycles. The number of nitrogens with one attached hydrogen (secondary N) is 2. The first-order valence-electron chi connectivity index (χ1n) is 9.20. The number of fused-ring (bicyclic) bond motifs is 1. The highest BCUT2D eigenvalue weighted by Crippen LogP contribution is 2.26. The topological polar surface area (TPSA) is 89.0 Å². The zero-order valence-corrected chi connectivity index (χ0v) is 15.8. The lowest BCUT2D eigenvalue weighted by atomic mass is 10.2. The van der Waals surface area contributed by atoms with Gasteiger partial charge in [0.05, 0.1) is 29.1 Å². The van der Waals surface area contributed by atoms with Crippen molar-refractivity contribution in [1.82, 2.24) is 15.0 Å². The number of para-hydroxylation sites is 2. The lowest BCUT2D eigenvalue weighted by Gasteiger charge is -2.12. The Morgan fingerprint density at radius 1 is 0.897 bits per heavy atom. The molecule has 7 nitrogen and oxygen atoms in total. The number of anilines is 4. The second-order valence-electron chi connectivity index (χ2n) is 6.19. The van der Waals surface area contributed by atoms with Gasteiger partial charge in [-0.1, -0.05) is 30.3 Å². The van der Waals surface area contributed by atoms with Crippen molar-refractivity contribution in [2.75, 3.05) is 17.2 Å². The molecule has 0 amide bonds. The molecule has 2 N–H and O–H groups in total. The van der Waals surface area contributed by atoms with E-state index in [9.17, 15) is 4.79 Å². The lowest BCUT2D eigenvalue weighted by molar-refractivity contribution is 0.0527. The summed E-state index contributed by atoms with van der Waals surface area (Å²) in [6, 6.07) is 18.7. The smallest absolute Gasteiger partial charge is 0.340 e. The van der Waals surface area contributed by atoms with Crippen LogP contribution in [0, 0.1) is 0 Å². The van der Waals surface area contributed by atoms with Crippen molar-refractivity contribution < 1.29 is 9.53 Å². The van der Waals surface area contributed by atoms with Crippen molar-refractivity contribution in [1.29, 1.82) is 0 Å². The zero-order chi connectivity index (χ0) is 20.1. The molecule has 2 aromatic heterocycles. The molecule has 0 bridgehead atoms. The number of aromatic nitrogens is 3. The second-order valence-corrected chi connectivity index (χ2v) is 6.19. The van der Waals surface area contributed by atoms with E-state index in [4.69, 9.17) is 4.74 Å². The summed E-state index contributed by atoms with van der Waals surface area (Å²) < 4.78 is 5.12. The molecular formula is C22H19N5O2. The summed E-state index contributed by atoms with van der Waals surface area (Å²) in [5.41, 5.74) is 2.76. The average molecular weight is 385 g/mol. The van der Waals surface area contributed by atoms with Gasteiger partial charge in [0, 0.05) is 17.6 Å². The average Bonchev–Trinajstić information content (AvgIpc) is 2.75. The molecule has 2 heterocycles. The highest BCUT2D eigenvalue weighted by Gasteiger charge is 2.12. The minimum atomic E-state index is -0.384. The minimum Gasteiger partial charge on any atom is -0.462 e. The fourth-order valence-electron chi connectivity index (χ4n) is 2.95. The number of benzene rings is 2. The molecule has 29 heavy (non-hydrogen) atoms. The molecule has 0 radical (unpaired) electrons. The van der Waals surface area contributed by atoms with Crippen LogP contribution in [0.25, 0.3) is 10.9 Å². The lowest BCUT2D eigenvalue weighted by Crippen LogP contribution is -2.08. The number of hydrogen-bond acceptors (Lipinski definition) is 7. The van der Waals surface area contributed by atoms with Crippen molar-refractivity contribution >= 4 is 39.9 Å². The summed E-state index contributed by atoms with van der Waals surface area (Å²) in [5.74, 6) is 0.770. The standard InChI is InChI=1S/C22H19N5O2/c1-2-29-22(28)16-9-3-4-10-17(16)26-19-13-20(25-14-24-19)27-18-11-5-7-15-8-6-12-23-21(15)18/h3-14H,2H2,1H3,(H2,24,25,26,27). The van der Waals surface area contributed by atoms with Crippen molar-refractivity contribution in [3.63, 3.8) is 0 Å². The Balaban J connectivity index is 1.60. The monoisotopic (exact) mass is 385 g/mol. The van der Waals surface area contributed by atoms with E-state index < -0.39 is 0 Å². The van der Waals surface area contributed by atoms with Gasteiger partial charge in [-0.15, -0.1) is 0 Å². The molecule has 2 aromatic carbocycles. The first-order chi connectivity index (χ1) is 14.2. The number of hydrogen-bond donors (Lipinski definition) is 2. The molecule has 0 unspecified atom stereocenters. The van der Waals surface area contributed by atoms with Gasteiger partial charge < -0.3 is 15.4 Å². The van der Waals surface area contributed by atoms with Gasteiger partial charge in [0.25, 0.3) is 0 Å². The van der Waals surface area contributed by atoms with Crippen LogP contribution in [0.3, 0.4) is 0 Å². The van der Waals surface area contributed by atoms with E-state index in [1.165, 1.54) is 6.33 Å². The van der Waals surface area contributed by atoms with Gasteiger partial charge in [0.1, 0.15) is 18.0 Å². The number of nitrogens with zero attached hydrogens (tertiary/aromatic N) is 3. The fraction of sp³-hybridized carbons (Fsp3) is 0.0909. The van der Waals surface area contributed by atoms with Gasteiger partial charge in [-0.25, -0.2) is 14.8 Å². The third kappa shape index (κ3) is 4.14. The third-order valence-electron chi connectivity index (χ3n) is 4.25. The molecule has 0 aliphatic heterocycles. The predicted molar refractivity (Wildman–Crippen MR) is 113 cm³/mol. The molecule has 4 rings (SSSR count). The van der Waals surface area contributed by atoms with Crippen LogP contribution in [0.4, 0.5) is 23.0 Å². The Labute approximate surface area is 167 Å². The molecule has 0 saturated carbocycles.